The van der Waals surface area contributed by atoms with Gasteiger partial charge in [-0.25, -0.2) is 0 Å². The molecule has 0 bridgehead atoms. The van der Waals surface area contributed by atoms with Crippen molar-refractivity contribution in [2.24, 2.45) is 0 Å². The van der Waals surface area contributed by atoms with Crippen LogP contribution < -0.4 is 9.47 Å². The number of rotatable bonds is 3. The van der Waals surface area contributed by atoms with Crippen molar-refractivity contribution in [1.29, 1.82) is 0 Å². The molecule has 2 rings (SSSR count). The van der Waals surface area contributed by atoms with Gasteiger partial charge in [-0.05, 0) is 40.5 Å². The van der Waals surface area contributed by atoms with Crippen molar-refractivity contribution in [3.05, 3.63) is 18.0 Å². The van der Waals surface area contributed by atoms with Gasteiger partial charge in [0.05, 0.1) is 11.8 Å². The minimum absolute atomic E-state index is 0.213. The topological polar surface area (TPSA) is 31.4 Å². The van der Waals surface area contributed by atoms with E-state index in [1.54, 1.807) is 6.20 Å². The highest BCUT2D eigenvalue weighted by Gasteiger charge is 2.27. The van der Waals surface area contributed by atoms with E-state index in [0.717, 1.165) is 30.0 Å². The Labute approximate surface area is 96.8 Å². The van der Waals surface area contributed by atoms with Crippen LogP contribution in [-0.4, -0.2) is 16.7 Å². The van der Waals surface area contributed by atoms with Gasteiger partial charge in [0.2, 0.25) is 0 Å². The van der Waals surface area contributed by atoms with Crippen LogP contribution in [0.25, 0.3) is 0 Å². The summed E-state index contributed by atoms with van der Waals surface area (Å²) in [6, 6.07) is 1.87. The molecule has 0 saturated heterocycles. The number of ether oxygens (including phenoxy) is 2. The number of hydrogen-bond acceptors (Lipinski definition) is 3. The Balaban J connectivity index is 2.24. The summed E-state index contributed by atoms with van der Waals surface area (Å²) < 4.78 is 11.7. The van der Waals surface area contributed by atoms with Gasteiger partial charge in [-0.1, -0.05) is 0 Å². The molecule has 0 amide bonds. The van der Waals surface area contributed by atoms with Crippen molar-refractivity contribution >= 4 is 0 Å². The van der Waals surface area contributed by atoms with Crippen LogP contribution in [0.15, 0.2) is 12.3 Å². The fourth-order valence-corrected chi connectivity index (χ4v) is 1.44. The van der Waals surface area contributed by atoms with E-state index in [2.05, 4.69) is 4.98 Å². The first-order valence-corrected chi connectivity index (χ1v) is 5.77. The first kappa shape index (κ1) is 11.2. The second-order valence-electron chi connectivity index (χ2n) is 5.26. The van der Waals surface area contributed by atoms with Crippen LogP contribution in [0.1, 0.15) is 39.3 Å². The van der Waals surface area contributed by atoms with Gasteiger partial charge in [0, 0.05) is 12.3 Å². The van der Waals surface area contributed by atoms with Gasteiger partial charge in [-0.15, -0.1) is 0 Å². The third kappa shape index (κ3) is 2.87. The van der Waals surface area contributed by atoms with Crippen LogP contribution >= 0.6 is 0 Å². The predicted octanol–water partition coefficient (Wildman–Crippen LogP) is 3.11. The van der Waals surface area contributed by atoms with Gasteiger partial charge in [-0.3, -0.25) is 4.98 Å². The highest BCUT2D eigenvalue weighted by molar-refractivity contribution is 5.42. The molecule has 88 valence electrons. The molecule has 1 aromatic rings. The molecule has 1 aliphatic rings. The van der Waals surface area contributed by atoms with Crippen LogP contribution in [0, 0.1) is 6.92 Å². The molecule has 0 aromatic carbocycles. The van der Waals surface area contributed by atoms with Gasteiger partial charge in [0.1, 0.15) is 5.60 Å². The molecule has 1 aliphatic carbocycles. The van der Waals surface area contributed by atoms with E-state index in [1.165, 1.54) is 0 Å². The zero-order chi connectivity index (χ0) is 11.8. The Morgan fingerprint density at radius 3 is 2.56 bits per heavy atom. The number of nitrogens with zero attached hydrogens (tertiary/aromatic N) is 1. The van der Waals surface area contributed by atoms with Crippen LogP contribution in [-0.2, 0) is 0 Å². The maximum absolute atomic E-state index is 5.88. The predicted molar refractivity (Wildman–Crippen MR) is 63.0 cm³/mol. The van der Waals surface area contributed by atoms with Crippen molar-refractivity contribution in [1.82, 2.24) is 4.98 Å². The first-order valence-electron chi connectivity index (χ1n) is 5.77. The largest absolute Gasteiger partial charge is 0.485 e. The van der Waals surface area contributed by atoms with Gasteiger partial charge in [0.25, 0.3) is 0 Å². The quantitative estimate of drug-likeness (QED) is 0.786. The normalized spacial score (nSPS) is 16.0. The SMILES string of the molecule is Cc1nccc(OC(C)(C)C)c1OC1CC1. The molecule has 3 heteroatoms. The zero-order valence-corrected chi connectivity index (χ0v) is 10.4. The molecule has 1 aromatic heterocycles. The van der Waals surface area contributed by atoms with Crippen molar-refractivity contribution in [2.75, 3.05) is 0 Å². The summed E-state index contributed by atoms with van der Waals surface area (Å²) >= 11 is 0. The molecule has 1 saturated carbocycles. The van der Waals surface area contributed by atoms with Gasteiger partial charge in [0.15, 0.2) is 11.5 Å². The maximum Gasteiger partial charge on any atom is 0.182 e. The fourth-order valence-electron chi connectivity index (χ4n) is 1.44. The smallest absolute Gasteiger partial charge is 0.182 e. The summed E-state index contributed by atoms with van der Waals surface area (Å²) in [7, 11) is 0. The molecular formula is C13H19NO2. The summed E-state index contributed by atoms with van der Waals surface area (Å²) in [4.78, 5) is 4.25. The molecule has 0 aliphatic heterocycles. The third-order valence-corrected chi connectivity index (χ3v) is 2.27. The van der Waals surface area contributed by atoms with E-state index in [9.17, 15) is 0 Å². The number of pyridine rings is 1. The lowest BCUT2D eigenvalue weighted by molar-refractivity contribution is 0.122. The van der Waals surface area contributed by atoms with Crippen molar-refractivity contribution in [2.45, 2.75) is 52.2 Å². The van der Waals surface area contributed by atoms with Crippen molar-refractivity contribution < 1.29 is 9.47 Å². The second kappa shape index (κ2) is 3.96. The first-order chi connectivity index (χ1) is 7.46. The summed E-state index contributed by atoms with van der Waals surface area (Å²) in [5, 5.41) is 0. The van der Waals surface area contributed by atoms with Gasteiger partial charge in [-0.2, -0.15) is 0 Å². The Kier molecular flexibility index (Phi) is 2.78. The molecule has 0 spiro atoms. The average Bonchev–Trinajstić information content (AvgIpc) is 2.92. The van der Waals surface area contributed by atoms with Gasteiger partial charge >= 0.3 is 0 Å². The average molecular weight is 221 g/mol. The van der Waals surface area contributed by atoms with Crippen molar-refractivity contribution in [3.8, 4) is 11.5 Å². The number of aromatic nitrogens is 1. The van der Waals surface area contributed by atoms with Crippen LogP contribution in [0.2, 0.25) is 0 Å². The third-order valence-electron chi connectivity index (χ3n) is 2.27. The molecular weight excluding hydrogens is 202 g/mol. The molecule has 16 heavy (non-hydrogen) atoms. The van der Waals surface area contributed by atoms with Crippen LogP contribution in [0.5, 0.6) is 11.5 Å². The lowest BCUT2D eigenvalue weighted by atomic mass is 10.2. The minimum atomic E-state index is -0.213. The summed E-state index contributed by atoms with van der Waals surface area (Å²) in [6.45, 7) is 8.05. The molecule has 0 radical (unpaired) electrons. The molecule has 3 nitrogen and oxygen atoms in total. The Bertz CT molecular complexity index is 378. The minimum Gasteiger partial charge on any atom is -0.485 e. The number of aryl methyl sites for hydroxylation is 1. The Morgan fingerprint density at radius 2 is 2.00 bits per heavy atom. The second-order valence-corrected chi connectivity index (χ2v) is 5.26. The van der Waals surface area contributed by atoms with E-state index in [-0.39, 0.29) is 5.60 Å². The summed E-state index contributed by atoms with van der Waals surface area (Å²) in [5.74, 6) is 1.60. The summed E-state index contributed by atoms with van der Waals surface area (Å²) in [5.41, 5.74) is 0.684. The zero-order valence-electron chi connectivity index (χ0n) is 10.4. The molecule has 1 fully saturated rings. The highest BCUT2D eigenvalue weighted by atomic mass is 16.5. The van der Waals surface area contributed by atoms with Gasteiger partial charge < -0.3 is 9.47 Å². The van der Waals surface area contributed by atoms with Crippen molar-refractivity contribution in [3.63, 3.8) is 0 Å². The molecule has 0 N–H and O–H groups in total. The Morgan fingerprint density at radius 1 is 1.31 bits per heavy atom. The van der Waals surface area contributed by atoms with E-state index in [4.69, 9.17) is 9.47 Å². The van der Waals surface area contributed by atoms with Crippen LogP contribution in [0.3, 0.4) is 0 Å². The van der Waals surface area contributed by atoms with E-state index in [1.807, 2.05) is 33.8 Å². The number of hydrogen-bond donors (Lipinski definition) is 0. The fraction of sp³-hybridized carbons (Fsp3) is 0.615. The van der Waals surface area contributed by atoms with E-state index in [0.29, 0.717) is 6.10 Å². The monoisotopic (exact) mass is 221 g/mol. The van der Waals surface area contributed by atoms with Crippen LogP contribution in [0.4, 0.5) is 0 Å². The lowest BCUT2D eigenvalue weighted by Gasteiger charge is -2.23. The summed E-state index contributed by atoms with van der Waals surface area (Å²) in [6.07, 6.45) is 4.41. The highest BCUT2D eigenvalue weighted by Crippen LogP contribution is 2.36. The maximum atomic E-state index is 5.88. The van der Waals surface area contributed by atoms with E-state index >= 15 is 0 Å². The van der Waals surface area contributed by atoms with E-state index < -0.39 is 0 Å². The Hall–Kier alpha value is -1.25. The molecule has 1 heterocycles. The standard InChI is InChI=1S/C13H19NO2/c1-9-12(15-10-5-6-10)11(7-8-14-9)16-13(2,3)4/h7-8,10H,5-6H2,1-4H3. The molecule has 0 unspecified atom stereocenters. The lowest BCUT2D eigenvalue weighted by Crippen LogP contribution is -2.23. The molecule has 0 atom stereocenters.